The molecule has 4 aliphatic carbocycles. The fourth-order valence-electron chi connectivity index (χ4n) is 14.4. The number of halogens is 1. The number of phosphoric ester groups is 1. The molecule has 6 rings (SSSR count). The smallest absolute Gasteiger partial charge is 0.469 e. The number of rotatable bonds is 28. The Hall–Kier alpha value is -2.64. The van der Waals surface area contributed by atoms with Crippen molar-refractivity contribution in [3.05, 3.63) is 75.8 Å². The first-order valence-electron chi connectivity index (χ1n) is 28.5. The van der Waals surface area contributed by atoms with Gasteiger partial charge in [-0.2, -0.15) is 0 Å². The average Bonchev–Trinajstić information content (AvgIpc) is 3.69. The Balaban J connectivity index is 0.944. The standard InChI is InChI=1S/C62H96ClO8P/c1-44(2)24-23-25-45(3)52-31-32-53-51-30-29-49-41-50(33-35-61(49,8)54(51)34-36-62(52,53)9)70-72(66,71-56-28-21-20-27-55(56)63)69-37-22-18-16-14-12-13-15-17-19-26-46-38-47(42-59(4,5)57(64)67-10)40-48(39-46)43-60(6,7)58(65)68-11/h20-21,27-29,38-40,44-45,50-54H,12-19,22-26,30-37,41-43H2,1-11H3/t45?,50-,51?,52?,53?,54?,61-,62+,72?/m0/s1. The number of fused-ring (bicyclic) bond motifs is 5. The second-order valence-electron chi connectivity index (χ2n) is 25.3. The molecule has 0 aromatic heterocycles. The van der Waals surface area contributed by atoms with Gasteiger partial charge in [-0.15, -0.1) is 0 Å². The third kappa shape index (κ3) is 15.1. The van der Waals surface area contributed by atoms with Crippen LogP contribution in [0.25, 0.3) is 0 Å². The van der Waals surface area contributed by atoms with Crippen molar-refractivity contribution in [3.63, 3.8) is 0 Å². The zero-order chi connectivity index (χ0) is 52.3. The van der Waals surface area contributed by atoms with Crippen LogP contribution in [0, 0.1) is 57.2 Å². The van der Waals surface area contributed by atoms with Crippen LogP contribution in [0.15, 0.2) is 54.1 Å². The van der Waals surface area contributed by atoms with E-state index in [1.807, 2.05) is 39.8 Å². The summed E-state index contributed by atoms with van der Waals surface area (Å²) in [5, 5.41) is 0.391. The molecule has 404 valence electrons. The summed E-state index contributed by atoms with van der Waals surface area (Å²) in [5.41, 5.74) is 4.22. The number of esters is 2. The van der Waals surface area contributed by atoms with Crippen molar-refractivity contribution in [2.45, 2.75) is 216 Å². The van der Waals surface area contributed by atoms with Crippen molar-refractivity contribution in [3.8, 4) is 5.75 Å². The highest BCUT2D eigenvalue weighted by atomic mass is 35.5. The van der Waals surface area contributed by atoms with Crippen molar-refractivity contribution < 1.29 is 37.2 Å². The number of aryl methyl sites for hydroxylation is 1. The number of unbranched alkanes of at least 4 members (excludes halogenated alkanes) is 8. The van der Waals surface area contributed by atoms with Crippen LogP contribution in [0.1, 0.15) is 207 Å². The molecule has 0 aliphatic heterocycles. The third-order valence-electron chi connectivity index (χ3n) is 18.3. The van der Waals surface area contributed by atoms with E-state index in [0.29, 0.717) is 41.6 Å². The molecule has 8 nitrogen and oxygen atoms in total. The van der Waals surface area contributed by atoms with Crippen molar-refractivity contribution in [1.29, 1.82) is 0 Å². The van der Waals surface area contributed by atoms with Crippen molar-refractivity contribution in [1.82, 2.24) is 0 Å². The van der Waals surface area contributed by atoms with Gasteiger partial charge in [-0.25, -0.2) is 4.57 Å². The molecule has 3 fully saturated rings. The largest absolute Gasteiger partial charge is 0.530 e. The summed E-state index contributed by atoms with van der Waals surface area (Å²) in [7, 11) is -1.10. The van der Waals surface area contributed by atoms with Gasteiger partial charge in [-0.1, -0.05) is 152 Å². The van der Waals surface area contributed by atoms with Crippen LogP contribution >= 0.6 is 19.4 Å². The zero-order valence-corrected chi connectivity index (χ0v) is 48.4. The van der Waals surface area contributed by atoms with E-state index in [-0.39, 0.29) is 23.5 Å². The van der Waals surface area contributed by atoms with Gasteiger partial charge in [0.15, 0.2) is 0 Å². The molecule has 72 heavy (non-hydrogen) atoms. The second kappa shape index (κ2) is 25.9. The molecule has 10 heteroatoms. The van der Waals surface area contributed by atoms with Crippen molar-refractivity contribution in [2.75, 3.05) is 20.8 Å². The molecule has 0 radical (unpaired) electrons. The van der Waals surface area contributed by atoms with E-state index in [1.165, 1.54) is 89.6 Å². The van der Waals surface area contributed by atoms with Crippen LogP contribution in [0.2, 0.25) is 5.02 Å². The number of allylic oxidation sites excluding steroid dienone is 1. The summed E-state index contributed by atoms with van der Waals surface area (Å²) in [6.45, 7) is 20.5. The Bertz CT molecular complexity index is 2120. The Labute approximate surface area is 442 Å². The van der Waals surface area contributed by atoms with Gasteiger partial charge in [0, 0.05) is 0 Å². The average molecular weight is 1040 g/mol. The number of ether oxygens (including phenoxy) is 2. The van der Waals surface area contributed by atoms with E-state index in [0.717, 1.165) is 111 Å². The Morgan fingerprint density at radius 2 is 1.33 bits per heavy atom. The predicted octanol–water partition coefficient (Wildman–Crippen LogP) is 17.5. The number of hydrogen-bond donors (Lipinski definition) is 0. The normalized spacial score (nSPS) is 26.5. The highest BCUT2D eigenvalue weighted by Crippen LogP contribution is 2.68. The van der Waals surface area contributed by atoms with E-state index in [9.17, 15) is 14.2 Å². The van der Waals surface area contributed by atoms with Crippen LogP contribution in [0.5, 0.6) is 5.75 Å². The first kappa shape index (κ1) is 58.6. The van der Waals surface area contributed by atoms with Crippen LogP contribution in [-0.2, 0) is 51.9 Å². The lowest BCUT2D eigenvalue weighted by Gasteiger charge is -2.58. The molecular weight excluding hydrogens is 939 g/mol. The maximum absolute atomic E-state index is 14.6. The summed E-state index contributed by atoms with van der Waals surface area (Å²) in [4.78, 5) is 25.1. The summed E-state index contributed by atoms with van der Waals surface area (Å²) in [5.74, 6) is 4.61. The van der Waals surface area contributed by atoms with Gasteiger partial charge in [0.25, 0.3) is 0 Å². The van der Waals surface area contributed by atoms with E-state index in [4.69, 9.17) is 34.6 Å². The van der Waals surface area contributed by atoms with E-state index in [2.05, 4.69) is 58.9 Å². The number of hydrogen-bond acceptors (Lipinski definition) is 8. The van der Waals surface area contributed by atoms with Gasteiger partial charge >= 0.3 is 19.8 Å². The summed E-state index contributed by atoms with van der Waals surface area (Å²) >= 11 is 6.54. The highest BCUT2D eigenvalue weighted by Gasteiger charge is 2.59. The Kier molecular flexibility index (Phi) is 21.1. The number of para-hydroxylation sites is 1. The molecule has 3 saturated carbocycles. The minimum atomic E-state index is -3.97. The lowest BCUT2D eigenvalue weighted by atomic mass is 9.47. The van der Waals surface area contributed by atoms with Crippen molar-refractivity contribution in [2.24, 2.45) is 57.2 Å². The number of phosphoric acid groups is 1. The Morgan fingerprint density at radius 1 is 0.736 bits per heavy atom. The summed E-state index contributed by atoms with van der Waals surface area (Å²) in [6.07, 6.45) is 27.6. The monoisotopic (exact) mass is 1030 g/mol. The molecular formula is C62H96ClO8P. The van der Waals surface area contributed by atoms with Crippen LogP contribution in [0.4, 0.5) is 0 Å². The quantitative estimate of drug-likeness (QED) is 0.0360. The van der Waals surface area contributed by atoms with Gasteiger partial charge in [-0.05, 0) is 186 Å². The number of methoxy groups -OCH3 is 2. The van der Waals surface area contributed by atoms with E-state index in [1.54, 1.807) is 12.1 Å². The third-order valence-corrected chi connectivity index (χ3v) is 20.1. The van der Waals surface area contributed by atoms with Gasteiger partial charge in [0.05, 0.1) is 42.8 Å². The molecule has 4 aliphatic rings. The molecule has 2 aromatic carbocycles. The Morgan fingerprint density at radius 3 is 1.94 bits per heavy atom. The van der Waals surface area contributed by atoms with Crippen molar-refractivity contribution >= 4 is 31.4 Å². The minimum absolute atomic E-state index is 0.162. The van der Waals surface area contributed by atoms with E-state index < -0.39 is 18.7 Å². The van der Waals surface area contributed by atoms with Crippen LogP contribution in [-0.4, -0.2) is 38.9 Å². The number of carbonyl (C=O) groups is 2. The maximum atomic E-state index is 14.6. The molecule has 0 spiro atoms. The van der Waals surface area contributed by atoms with E-state index >= 15 is 0 Å². The molecule has 0 bridgehead atoms. The van der Waals surface area contributed by atoms with Crippen LogP contribution < -0.4 is 4.52 Å². The molecule has 9 atom stereocenters. The molecule has 6 unspecified atom stereocenters. The number of carbonyl (C=O) groups excluding carboxylic acids is 2. The zero-order valence-electron chi connectivity index (χ0n) is 46.7. The van der Waals surface area contributed by atoms with Gasteiger partial charge in [-0.3, -0.25) is 18.6 Å². The fourth-order valence-corrected chi connectivity index (χ4v) is 16.1. The molecule has 0 saturated heterocycles. The summed E-state index contributed by atoms with van der Waals surface area (Å²) < 4.78 is 43.6. The van der Waals surface area contributed by atoms with Crippen LogP contribution in [0.3, 0.4) is 0 Å². The molecule has 2 aromatic rings. The second-order valence-corrected chi connectivity index (χ2v) is 27.2. The number of benzene rings is 2. The molecule has 0 amide bonds. The molecule has 0 heterocycles. The maximum Gasteiger partial charge on any atom is 0.530 e. The first-order valence-corrected chi connectivity index (χ1v) is 30.3. The van der Waals surface area contributed by atoms with Gasteiger partial charge < -0.3 is 14.0 Å². The SMILES string of the molecule is COC(=O)C(C)(C)Cc1cc(CCCCCCCCCCCOP(=O)(Oc2ccccc2Cl)O[C@H]2CC[C@@]3(C)C(=CCC4C5CCC(C(C)CCCC(C)C)[C@@]5(C)CCC43)C2)cc(CC(C)(C)C(=O)OC)c1. The molecule has 0 N–H and O–H groups in total. The van der Waals surface area contributed by atoms with Gasteiger partial charge in [0.2, 0.25) is 0 Å². The fraction of sp³-hybridized carbons (Fsp3) is 0.742. The lowest BCUT2D eigenvalue weighted by Crippen LogP contribution is -2.51. The minimum Gasteiger partial charge on any atom is -0.469 e. The predicted molar refractivity (Wildman–Crippen MR) is 294 cm³/mol. The highest BCUT2D eigenvalue weighted by molar-refractivity contribution is 7.49. The first-order chi connectivity index (χ1) is 34.1. The lowest BCUT2D eigenvalue weighted by molar-refractivity contribution is -0.151. The van der Waals surface area contributed by atoms with Gasteiger partial charge in [0.1, 0.15) is 5.75 Å². The summed E-state index contributed by atoms with van der Waals surface area (Å²) in [6, 6.07) is 13.7. The topological polar surface area (TPSA) is 97.4 Å².